The number of pyridine rings is 1. The van der Waals surface area contributed by atoms with Crippen molar-refractivity contribution in [2.75, 3.05) is 25.6 Å². The molecule has 0 unspecified atom stereocenters. The van der Waals surface area contributed by atoms with Crippen molar-refractivity contribution >= 4 is 11.5 Å². The highest BCUT2D eigenvalue weighted by atomic mass is 16.6. The number of anilines is 1. The molecule has 0 bridgehead atoms. The van der Waals surface area contributed by atoms with Crippen LogP contribution in [-0.2, 0) is 4.74 Å². The molecule has 6 nitrogen and oxygen atoms in total. The molecule has 1 aromatic rings. The summed E-state index contributed by atoms with van der Waals surface area (Å²) >= 11 is 0. The van der Waals surface area contributed by atoms with Crippen LogP contribution in [-0.4, -0.2) is 30.2 Å². The van der Waals surface area contributed by atoms with E-state index < -0.39 is 0 Å². The lowest BCUT2D eigenvalue weighted by molar-refractivity contribution is -0.385. The van der Waals surface area contributed by atoms with Gasteiger partial charge in [0.15, 0.2) is 0 Å². The summed E-state index contributed by atoms with van der Waals surface area (Å²) in [6, 6.07) is 1.50. The topological polar surface area (TPSA) is 77.3 Å². The predicted octanol–water partition coefficient (Wildman–Crippen LogP) is 2.53. The molecule has 19 heavy (non-hydrogen) atoms. The number of hydrogen-bond acceptors (Lipinski definition) is 5. The Bertz CT molecular complexity index is 472. The van der Waals surface area contributed by atoms with Crippen LogP contribution in [0.1, 0.15) is 24.8 Å². The van der Waals surface area contributed by atoms with Crippen molar-refractivity contribution in [2.24, 2.45) is 5.41 Å². The highest BCUT2D eigenvalue weighted by Gasteiger charge is 2.41. The number of aromatic nitrogens is 1. The molecule has 0 aromatic carbocycles. The molecule has 1 aliphatic carbocycles. The first-order valence-corrected chi connectivity index (χ1v) is 6.40. The van der Waals surface area contributed by atoms with Gasteiger partial charge in [0.25, 0.3) is 5.69 Å². The van der Waals surface area contributed by atoms with Crippen LogP contribution < -0.4 is 5.32 Å². The van der Waals surface area contributed by atoms with Crippen LogP contribution in [0.4, 0.5) is 11.5 Å². The molecule has 0 saturated heterocycles. The molecule has 1 aliphatic rings. The fraction of sp³-hybridized carbons (Fsp3) is 0.615. The predicted molar refractivity (Wildman–Crippen MR) is 72.3 cm³/mol. The number of nitrogens with one attached hydrogen (secondary N) is 1. The van der Waals surface area contributed by atoms with E-state index in [-0.39, 0.29) is 16.0 Å². The van der Waals surface area contributed by atoms with E-state index in [0.717, 1.165) is 19.6 Å². The van der Waals surface area contributed by atoms with E-state index in [1.54, 1.807) is 14.0 Å². The zero-order valence-corrected chi connectivity index (χ0v) is 11.3. The maximum absolute atomic E-state index is 10.9. The van der Waals surface area contributed by atoms with E-state index >= 15 is 0 Å². The van der Waals surface area contributed by atoms with Gasteiger partial charge in [0, 0.05) is 32.0 Å². The summed E-state index contributed by atoms with van der Waals surface area (Å²) in [6.45, 7) is 3.24. The quantitative estimate of drug-likeness (QED) is 0.605. The Morgan fingerprint density at radius 1 is 1.58 bits per heavy atom. The van der Waals surface area contributed by atoms with Crippen molar-refractivity contribution in [1.29, 1.82) is 0 Å². The van der Waals surface area contributed by atoms with Crippen LogP contribution in [0.25, 0.3) is 0 Å². The monoisotopic (exact) mass is 265 g/mol. The van der Waals surface area contributed by atoms with Gasteiger partial charge in [-0.05, 0) is 31.6 Å². The lowest BCUT2D eigenvalue weighted by Gasteiger charge is -2.15. The van der Waals surface area contributed by atoms with E-state index in [2.05, 4.69) is 10.3 Å². The molecule has 1 N–H and O–H groups in total. The largest absolute Gasteiger partial charge is 0.385 e. The summed E-state index contributed by atoms with van der Waals surface area (Å²) in [5.41, 5.74) is 0.979. The van der Waals surface area contributed by atoms with Crippen LogP contribution in [0.15, 0.2) is 12.3 Å². The van der Waals surface area contributed by atoms with Gasteiger partial charge in [0.05, 0.1) is 11.0 Å². The van der Waals surface area contributed by atoms with Crippen molar-refractivity contribution in [3.63, 3.8) is 0 Å². The number of nitro groups is 1. The second-order valence-corrected chi connectivity index (χ2v) is 5.21. The molecule has 0 spiro atoms. The van der Waals surface area contributed by atoms with Crippen LogP contribution in [0.2, 0.25) is 0 Å². The Balaban J connectivity index is 1.96. The zero-order valence-electron chi connectivity index (χ0n) is 11.3. The Morgan fingerprint density at radius 3 is 2.89 bits per heavy atom. The summed E-state index contributed by atoms with van der Waals surface area (Å²) in [5, 5.41) is 14.1. The normalized spacial score (nSPS) is 16.1. The molecule has 2 rings (SSSR count). The third-order valence-electron chi connectivity index (χ3n) is 3.71. The lowest BCUT2D eigenvalue weighted by atomic mass is 10.0. The van der Waals surface area contributed by atoms with Gasteiger partial charge in [-0.3, -0.25) is 10.1 Å². The van der Waals surface area contributed by atoms with Gasteiger partial charge in [-0.1, -0.05) is 0 Å². The molecule has 6 heteroatoms. The van der Waals surface area contributed by atoms with Crippen LogP contribution in [0, 0.1) is 22.5 Å². The zero-order chi connectivity index (χ0) is 13.9. The van der Waals surface area contributed by atoms with Crippen molar-refractivity contribution in [2.45, 2.75) is 26.2 Å². The molecule has 1 saturated carbocycles. The summed E-state index contributed by atoms with van der Waals surface area (Å²) in [4.78, 5) is 14.7. The van der Waals surface area contributed by atoms with Gasteiger partial charge in [-0.2, -0.15) is 0 Å². The van der Waals surface area contributed by atoms with Gasteiger partial charge < -0.3 is 10.1 Å². The maximum Gasteiger partial charge on any atom is 0.277 e. The first-order valence-electron chi connectivity index (χ1n) is 6.40. The van der Waals surface area contributed by atoms with Crippen LogP contribution in [0.5, 0.6) is 0 Å². The van der Waals surface area contributed by atoms with Gasteiger partial charge >= 0.3 is 0 Å². The van der Waals surface area contributed by atoms with Crippen LogP contribution in [0.3, 0.4) is 0 Å². The number of hydrogen-bond donors (Lipinski definition) is 1. The molecule has 1 aromatic heterocycles. The molecule has 0 aliphatic heterocycles. The van der Waals surface area contributed by atoms with E-state index in [1.807, 2.05) is 0 Å². The van der Waals surface area contributed by atoms with Gasteiger partial charge in [-0.25, -0.2) is 4.98 Å². The first kappa shape index (κ1) is 13.7. The second-order valence-electron chi connectivity index (χ2n) is 5.21. The third-order valence-corrected chi connectivity index (χ3v) is 3.71. The average Bonchev–Trinajstić information content (AvgIpc) is 3.16. The molecule has 0 radical (unpaired) electrons. The summed E-state index contributed by atoms with van der Waals surface area (Å²) < 4.78 is 5.10. The maximum atomic E-state index is 10.9. The Kier molecular flexibility index (Phi) is 3.99. The molecular formula is C13H19N3O3. The van der Waals surface area contributed by atoms with Crippen LogP contribution >= 0.6 is 0 Å². The first-order chi connectivity index (χ1) is 9.06. The van der Waals surface area contributed by atoms with Crippen molar-refractivity contribution in [3.05, 3.63) is 27.9 Å². The minimum absolute atomic E-state index is 0.110. The number of nitrogens with zero attached hydrogens (tertiary/aromatic N) is 2. The molecule has 1 fully saturated rings. The standard InChI is InChI=1S/C13H19N3O3/c1-10-8-14-12(7-11(10)16(17)18)15-9-13(3-4-13)5-6-19-2/h7-8H,3-6,9H2,1-2H3,(H,14,15). The third kappa shape index (κ3) is 3.41. The minimum Gasteiger partial charge on any atom is -0.385 e. The smallest absolute Gasteiger partial charge is 0.277 e. The van der Waals surface area contributed by atoms with Gasteiger partial charge in [0.1, 0.15) is 5.82 Å². The Labute approximate surface area is 112 Å². The van der Waals surface area contributed by atoms with E-state index in [9.17, 15) is 10.1 Å². The average molecular weight is 265 g/mol. The number of ether oxygens (including phenoxy) is 1. The highest BCUT2D eigenvalue weighted by Crippen LogP contribution is 2.48. The second kappa shape index (κ2) is 5.52. The molecule has 0 atom stereocenters. The van der Waals surface area contributed by atoms with Crippen molar-refractivity contribution in [3.8, 4) is 0 Å². The Hall–Kier alpha value is -1.69. The van der Waals surface area contributed by atoms with Crippen molar-refractivity contribution in [1.82, 2.24) is 4.98 Å². The molecule has 1 heterocycles. The summed E-state index contributed by atoms with van der Waals surface area (Å²) in [7, 11) is 1.70. The highest BCUT2D eigenvalue weighted by molar-refractivity contribution is 5.49. The summed E-state index contributed by atoms with van der Waals surface area (Å²) in [5.74, 6) is 0.570. The SMILES string of the molecule is COCCC1(CNc2cc([N+](=O)[O-])c(C)cn2)CC1. The molecule has 104 valence electrons. The summed E-state index contributed by atoms with van der Waals surface area (Å²) in [6.07, 6.45) is 4.91. The van der Waals surface area contributed by atoms with Gasteiger partial charge in [-0.15, -0.1) is 0 Å². The fourth-order valence-corrected chi connectivity index (χ4v) is 2.10. The minimum atomic E-state index is -0.375. The van der Waals surface area contributed by atoms with Crippen molar-refractivity contribution < 1.29 is 9.66 Å². The van der Waals surface area contributed by atoms with E-state index in [1.165, 1.54) is 25.1 Å². The Morgan fingerprint density at radius 2 is 2.32 bits per heavy atom. The number of methoxy groups -OCH3 is 1. The fourth-order valence-electron chi connectivity index (χ4n) is 2.10. The lowest BCUT2D eigenvalue weighted by Crippen LogP contribution is -2.18. The van der Waals surface area contributed by atoms with E-state index in [4.69, 9.17) is 4.74 Å². The van der Waals surface area contributed by atoms with E-state index in [0.29, 0.717) is 11.4 Å². The van der Waals surface area contributed by atoms with Gasteiger partial charge in [0.2, 0.25) is 0 Å². The number of rotatable bonds is 7. The number of aryl methyl sites for hydroxylation is 1. The molecule has 0 amide bonds. The molecular weight excluding hydrogens is 246 g/mol.